The van der Waals surface area contributed by atoms with Crippen LogP contribution in [-0.4, -0.2) is 30.5 Å². The number of benzene rings is 2. The maximum atomic E-state index is 13.9. The van der Waals surface area contributed by atoms with Crippen LogP contribution in [0.3, 0.4) is 0 Å². The number of ether oxygens (including phenoxy) is 1. The Kier molecular flexibility index (Phi) is 6.17. The minimum absolute atomic E-state index is 0.148. The normalized spacial score (nSPS) is 16.1. The number of carbonyl (C=O) groups excluding carboxylic acids is 1. The lowest BCUT2D eigenvalue weighted by Crippen LogP contribution is -2.36. The predicted octanol–water partition coefficient (Wildman–Crippen LogP) is 5.26. The lowest BCUT2D eigenvalue weighted by Gasteiger charge is -2.25. The van der Waals surface area contributed by atoms with Crippen molar-refractivity contribution in [3.05, 3.63) is 77.8 Å². The number of likely N-dealkylation sites (tertiary alicyclic amines) is 1. The minimum Gasteiger partial charge on any atom is -0.497 e. The first-order valence-corrected chi connectivity index (χ1v) is 10.4. The second kappa shape index (κ2) is 9.16. The van der Waals surface area contributed by atoms with E-state index in [0.29, 0.717) is 29.9 Å². The summed E-state index contributed by atoms with van der Waals surface area (Å²) in [4.78, 5) is 14.9. The summed E-state index contributed by atoms with van der Waals surface area (Å²) >= 11 is 0. The van der Waals surface area contributed by atoms with E-state index in [9.17, 15) is 9.18 Å². The molecule has 156 valence electrons. The van der Waals surface area contributed by atoms with Gasteiger partial charge >= 0.3 is 0 Å². The zero-order chi connectivity index (χ0) is 20.9. The van der Waals surface area contributed by atoms with Crippen molar-refractivity contribution >= 4 is 5.91 Å². The first kappa shape index (κ1) is 20.2. The molecule has 2 aromatic carbocycles. The van der Waals surface area contributed by atoms with E-state index in [2.05, 4.69) is 12.1 Å². The molecular formula is C25H26FNO3. The molecule has 2 heterocycles. The molecule has 0 radical (unpaired) electrons. The monoisotopic (exact) mass is 407 g/mol. The molecule has 0 aliphatic carbocycles. The highest BCUT2D eigenvalue weighted by Gasteiger charge is 2.28. The Labute approximate surface area is 176 Å². The van der Waals surface area contributed by atoms with Crippen LogP contribution in [0.2, 0.25) is 0 Å². The zero-order valence-electron chi connectivity index (χ0n) is 17.1. The van der Waals surface area contributed by atoms with Crippen LogP contribution in [0.5, 0.6) is 5.75 Å². The van der Waals surface area contributed by atoms with Gasteiger partial charge in [0.15, 0.2) is 0 Å². The fourth-order valence-electron chi connectivity index (χ4n) is 4.10. The Morgan fingerprint density at radius 2 is 1.93 bits per heavy atom. The third-order valence-electron chi connectivity index (χ3n) is 5.71. The highest BCUT2D eigenvalue weighted by molar-refractivity contribution is 5.77. The molecule has 1 aliphatic heterocycles. The molecule has 0 unspecified atom stereocenters. The first-order valence-electron chi connectivity index (χ1n) is 10.4. The summed E-state index contributed by atoms with van der Waals surface area (Å²) in [5, 5.41) is 0. The molecule has 3 aromatic rings. The topological polar surface area (TPSA) is 42.7 Å². The van der Waals surface area contributed by atoms with E-state index in [0.717, 1.165) is 31.6 Å². The number of rotatable bonds is 7. The van der Waals surface area contributed by atoms with E-state index in [1.54, 1.807) is 31.4 Å². The van der Waals surface area contributed by atoms with Crippen LogP contribution in [-0.2, 0) is 17.6 Å². The Morgan fingerprint density at radius 1 is 1.13 bits per heavy atom. The second-order valence-corrected chi connectivity index (χ2v) is 7.68. The summed E-state index contributed by atoms with van der Waals surface area (Å²) in [5.74, 6) is 1.87. The molecule has 30 heavy (non-hydrogen) atoms. The van der Waals surface area contributed by atoms with Gasteiger partial charge in [-0.3, -0.25) is 4.79 Å². The van der Waals surface area contributed by atoms with Crippen molar-refractivity contribution in [2.45, 2.75) is 38.1 Å². The van der Waals surface area contributed by atoms with E-state index in [1.807, 2.05) is 23.1 Å². The number of methoxy groups -OCH3 is 1. The highest BCUT2D eigenvalue weighted by atomic mass is 19.1. The second-order valence-electron chi connectivity index (χ2n) is 7.68. The van der Waals surface area contributed by atoms with Crippen LogP contribution in [0.1, 0.15) is 30.6 Å². The average Bonchev–Trinajstić information content (AvgIpc) is 3.43. The molecule has 1 aromatic heterocycles. The molecule has 0 spiro atoms. The van der Waals surface area contributed by atoms with E-state index in [1.165, 1.54) is 11.6 Å². The Hall–Kier alpha value is -3.08. The van der Waals surface area contributed by atoms with Crippen LogP contribution in [0.4, 0.5) is 4.39 Å². The van der Waals surface area contributed by atoms with Gasteiger partial charge in [-0.25, -0.2) is 4.39 Å². The fraction of sp³-hybridized carbons (Fsp3) is 0.320. The Morgan fingerprint density at radius 3 is 2.70 bits per heavy atom. The van der Waals surface area contributed by atoms with Crippen LogP contribution in [0.15, 0.2) is 65.1 Å². The van der Waals surface area contributed by atoms with Crippen molar-refractivity contribution in [2.24, 2.45) is 0 Å². The van der Waals surface area contributed by atoms with E-state index < -0.39 is 0 Å². The smallest absolute Gasteiger partial charge is 0.223 e. The number of hydrogen-bond acceptors (Lipinski definition) is 3. The number of amides is 1. The van der Waals surface area contributed by atoms with Gasteiger partial charge in [0, 0.05) is 25.4 Å². The SMILES string of the molecule is COc1ccc(C[C@H]2CCCN2C(=O)CCc2ccc(-c3ccccc3F)o2)cc1. The summed E-state index contributed by atoms with van der Waals surface area (Å²) in [6.07, 6.45) is 3.82. The van der Waals surface area contributed by atoms with Gasteiger partial charge in [-0.15, -0.1) is 0 Å². The van der Waals surface area contributed by atoms with Crippen LogP contribution in [0, 0.1) is 5.82 Å². The molecule has 1 amide bonds. The van der Waals surface area contributed by atoms with Crippen molar-refractivity contribution < 1.29 is 18.3 Å². The fourth-order valence-corrected chi connectivity index (χ4v) is 4.10. The van der Waals surface area contributed by atoms with Crippen molar-refractivity contribution in [3.63, 3.8) is 0 Å². The van der Waals surface area contributed by atoms with Gasteiger partial charge in [-0.1, -0.05) is 24.3 Å². The standard InChI is InChI=1S/C25H26FNO3/c1-29-20-10-8-18(9-11-20)17-19-5-4-16-27(19)25(28)15-13-21-12-14-24(30-21)22-6-2-3-7-23(22)26/h2-3,6-12,14,19H,4-5,13,15-17H2,1H3/t19-/m1/s1. The molecular weight excluding hydrogens is 381 g/mol. The van der Waals surface area contributed by atoms with Crippen molar-refractivity contribution in [1.29, 1.82) is 0 Å². The van der Waals surface area contributed by atoms with Gasteiger partial charge in [0.2, 0.25) is 5.91 Å². The molecule has 1 atom stereocenters. The molecule has 0 N–H and O–H groups in total. The Bertz CT molecular complexity index is 996. The maximum absolute atomic E-state index is 13.9. The van der Waals surface area contributed by atoms with Crippen molar-refractivity contribution in [2.75, 3.05) is 13.7 Å². The van der Waals surface area contributed by atoms with Gasteiger partial charge < -0.3 is 14.1 Å². The van der Waals surface area contributed by atoms with Crippen LogP contribution in [0.25, 0.3) is 11.3 Å². The molecule has 1 aliphatic rings. The van der Waals surface area contributed by atoms with Crippen LogP contribution < -0.4 is 4.74 Å². The largest absolute Gasteiger partial charge is 0.497 e. The molecule has 4 rings (SSSR count). The summed E-state index contributed by atoms with van der Waals surface area (Å²) in [7, 11) is 1.66. The van der Waals surface area contributed by atoms with Gasteiger partial charge in [-0.05, 0) is 61.2 Å². The molecule has 0 bridgehead atoms. The van der Waals surface area contributed by atoms with Crippen molar-refractivity contribution in [1.82, 2.24) is 4.90 Å². The Balaban J connectivity index is 1.34. The molecule has 0 saturated carbocycles. The predicted molar refractivity (Wildman–Crippen MR) is 114 cm³/mol. The molecule has 1 fully saturated rings. The van der Waals surface area contributed by atoms with E-state index in [-0.39, 0.29) is 17.8 Å². The highest BCUT2D eigenvalue weighted by Crippen LogP contribution is 2.27. The quantitative estimate of drug-likeness (QED) is 0.536. The zero-order valence-corrected chi connectivity index (χ0v) is 17.1. The van der Waals surface area contributed by atoms with Gasteiger partial charge in [-0.2, -0.15) is 0 Å². The van der Waals surface area contributed by atoms with Gasteiger partial charge in [0.25, 0.3) is 0 Å². The summed E-state index contributed by atoms with van der Waals surface area (Å²) in [6.45, 7) is 0.804. The van der Waals surface area contributed by atoms with Crippen LogP contribution >= 0.6 is 0 Å². The summed E-state index contributed by atoms with van der Waals surface area (Å²) in [5.41, 5.74) is 1.65. The number of hydrogen-bond donors (Lipinski definition) is 0. The lowest BCUT2D eigenvalue weighted by atomic mass is 10.0. The lowest BCUT2D eigenvalue weighted by molar-refractivity contribution is -0.132. The number of carbonyl (C=O) groups is 1. The maximum Gasteiger partial charge on any atom is 0.223 e. The first-order chi connectivity index (χ1) is 14.6. The third-order valence-corrected chi connectivity index (χ3v) is 5.71. The molecule has 5 heteroatoms. The summed E-state index contributed by atoms with van der Waals surface area (Å²) < 4.78 is 24.9. The third kappa shape index (κ3) is 4.56. The van der Waals surface area contributed by atoms with E-state index >= 15 is 0 Å². The summed E-state index contributed by atoms with van der Waals surface area (Å²) in [6, 6.07) is 18.4. The number of nitrogens with zero attached hydrogens (tertiary/aromatic N) is 1. The van der Waals surface area contributed by atoms with Gasteiger partial charge in [0.05, 0.1) is 12.7 Å². The van der Waals surface area contributed by atoms with Crippen molar-refractivity contribution in [3.8, 4) is 17.1 Å². The minimum atomic E-state index is -0.312. The number of aryl methyl sites for hydroxylation is 1. The number of furan rings is 1. The molecule has 1 saturated heterocycles. The van der Waals surface area contributed by atoms with E-state index in [4.69, 9.17) is 9.15 Å². The van der Waals surface area contributed by atoms with Gasteiger partial charge in [0.1, 0.15) is 23.1 Å². The molecule has 4 nitrogen and oxygen atoms in total. The number of halogens is 1. The average molecular weight is 407 g/mol.